The minimum Gasteiger partial charge on any atom is -0.382 e. The van der Waals surface area contributed by atoms with Crippen LogP contribution in [0.2, 0.25) is 0 Å². The zero-order valence-corrected chi connectivity index (χ0v) is 15.9. The molecule has 136 valence electrons. The van der Waals surface area contributed by atoms with Gasteiger partial charge in [0.05, 0.1) is 11.9 Å². The zero-order valence-electron chi connectivity index (χ0n) is 15.1. The van der Waals surface area contributed by atoms with Crippen molar-refractivity contribution in [2.75, 3.05) is 30.3 Å². The van der Waals surface area contributed by atoms with Gasteiger partial charge in [-0.1, -0.05) is 6.07 Å². The maximum atomic E-state index is 12.3. The van der Waals surface area contributed by atoms with E-state index in [1.807, 2.05) is 26.8 Å². The molecule has 1 atom stereocenters. The lowest BCUT2D eigenvalue weighted by Crippen LogP contribution is -2.48. The van der Waals surface area contributed by atoms with E-state index in [-0.39, 0.29) is 5.91 Å². The zero-order chi connectivity index (χ0) is 18.3. The van der Waals surface area contributed by atoms with Gasteiger partial charge in [-0.3, -0.25) is 9.10 Å². The second kappa shape index (κ2) is 9.03. The highest BCUT2D eigenvalue weighted by atomic mass is 32.2. The lowest BCUT2D eigenvalue weighted by Gasteiger charge is -2.28. The summed E-state index contributed by atoms with van der Waals surface area (Å²) in [6.45, 7) is 9.03. The Balaban J connectivity index is 2.88. The molecule has 1 rings (SSSR count). The molecule has 0 aromatic heterocycles. The number of carbonyl (C=O) groups excluding carboxylic acids is 1. The summed E-state index contributed by atoms with van der Waals surface area (Å²) in [6.07, 6.45) is 1.80. The lowest BCUT2D eigenvalue weighted by molar-refractivity contribution is -0.121. The van der Waals surface area contributed by atoms with Gasteiger partial charge in [-0.2, -0.15) is 0 Å². The molecule has 7 heteroatoms. The number of amides is 1. The van der Waals surface area contributed by atoms with Gasteiger partial charge in [0.15, 0.2) is 0 Å². The first-order valence-electron chi connectivity index (χ1n) is 8.10. The van der Waals surface area contributed by atoms with E-state index < -0.39 is 16.1 Å². The van der Waals surface area contributed by atoms with Crippen molar-refractivity contribution in [3.63, 3.8) is 0 Å². The van der Waals surface area contributed by atoms with Crippen molar-refractivity contribution < 1.29 is 17.9 Å². The standard InChI is InChI=1S/C17H28N2O4S/c1-6-23-11-7-10-18-17(20)15(4)19(24(5,21)22)16-9-8-13(2)14(3)12-16/h8-9,12,15H,6-7,10-11H2,1-5H3,(H,18,20)/t15-/m0/s1. The maximum absolute atomic E-state index is 12.3. The highest BCUT2D eigenvalue weighted by molar-refractivity contribution is 7.92. The number of anilines is 1. The molecule has 0 fully saturated rings. The van der Waals surface area contributed by atoms with E-state index in [4.69, 9.17) is 4.74 Å². The van der Waals surface area contributed by atoms with Crippen LogP contribution >= 0.6 is 0 Å². The summed E-state index contributed by atoms with van der Waals surface area (Å²) in [7, 11) is -3.58. The number of benzene rings is 1. The topological polar surface area (TPSA) is 75.7 Å². The first-order valence-corrected chi connectivity index (χ1v) is 9.95. The second-order valence-corrected chi connectivity index (χ2v) is 7.70. The quantitative estimate of drug-likeness (QED) is 0.687. The molecule has 0 aliphatic heterocycles. The summed E-state index contributed by atoms with van der Waals surface area (Å²) >= 11 is 0. The Morgan fingerprint density at radius 1 is 1.29 bits per heavy atom. The molecule has 6 nitrogen and oxygen atoms in total. The van der Waals surface area contributed by atoms with Gasteiger partial charge in [-0.05, 0) is 57.4 Å². The molecule has 0 radical (unpaired) electrons. The van der Waals surface area contributed by atoms with Crippen LogP contribution in [0.25, 0.3) is 0 Å². The van der Waals surface area contributed by atoms with Crippen molar-refractivity contribution in [3.8, 4) is 0 Å². The maximum Gasteiger partial charge on any atom is 0.243 e. The van der Waals surface area contributed by atoms with E-state index in [2.05, 4.69) is 5.32 Å². The first-order chi connectivity index (χ1) is 11.2. The number of nitrogens with zero attached hydrogens (tertiary/aromatic N) is 1. The molecule has 0 spiro atoms. The minimum absolute atomic E-state index is 0.324. The van der Waals surface area contributed by atoms with E-state index in [0.29, 0.717) is 31.9 Å². The van der Waals surface area contributed by atoms with Crippen LogP contribution in [0.1, 0.15) is 31.4 Å². The van der Waals surface area contributed by atoms with E-state index in [9.17, 15) is 13.2 Å². The Kier molecular flexibility index (Phi) is 7.69. The number of aryl methyl sites for hydroxylation is 2. The van der Waals surface area contributed by atoms with Gasteiger partial charge in [0.2, 0.25) is 15.9 Å². The van der Waals surface area contributed by atoms with Gasteiger partial charge in [-0.15, -0.1) is 0 Å². The van der Waals surface area contributed by atoms with Crippen LogP contribution in [-0.4, -0.2) is 46.4 Å². The Labute approximate surface area is 145 Å². The molecular weight excluding hydrogens is 328 g/mol. The van der Waals surface area contributed by atoms with Crippen molar-refractivity contribution >= 4 is 21.6 Å². The summed E-state index contributed by atoms with van der Waals surface area (Å²) in [5, 5.41) is 2.76. The third-order valence-corrected chi connectivity index (χ3v) is 5.04. The fourth-order valence-electron chi connectivity index (χ4n) is 2.35. The fraction of sp³-hybridized carbons (Fsp3) is 0.588. The van der Waals surface area contributed by atoms with Crippen molar-refractivity contribution in [1.29, 1.82) is 0 Å². The van der Waals surface area contributed by atoms with Crippen molar-refractivity contribution in [2.24, 2.45) is 0 Å². The molecule has 0 heterocycles. The molecule has 0 unspecified atom stereocenters. The van der Waals surface area contributed by atoms with Crippen LogP contribution < -0.4 is 9.62 Å². The third kappa shape index (κ3) is 5.79. The van der Waals surface area contributed by atoms with Crippen LogP contribution in [0.15, 0.2) is 18.2 Å². The molecular formula is C17H28N2O4S. The first kappa shape index (κ1) is 20.4. The molecule has 1 aromatic rings. The molecule has 1 aromatic carbocycles. The lowest BCUT2D eigenvalue weighted by atomic mass is 10.1. The van der Waals surface area contributed by atoms with Crippen LogP contribution in [-0.2, 0) is 19.6 Å². The summed E-state index contributed by atoms with van der Waals surface area (Å²) in [5.41, 5.74) is 2.54. The van der Waals surface area contributed by atoms with Gasteiger partial charge in [-0.25, -0.2) is 8.42 Å². The number of nitrogens with one attached hydrogen (secondary N) is 1. The SMILES string of the molecule is CCOCCCNC(=O)[C@H](C)N(c1ccc(C)c(C)c1)S(C)(=O)=O. The van der Waals surface area contributed by atoms with Crippen LogP contribution in [0.3, 0.4) is 0 Å². The molecule has 0 aliphatic rings. The van der Waals surface area contributed by atoms with E-state index in [1.165, 1.54) is 0 Å². The summed E-state index contributed by atoms with van der Waals surface area (Å²) in [4.78, 5) is 12.3. The second-order valence-electron chi connectivity index (χ2n) is 5.84. The van der Waals surface area contributed by atoms with Gasteiger partial charge in [0, 0.05) is 19.8 Å². The minimum atomic E-state index is -3.58. The predicted molar refractivity (Wildman–Crippen MR) is 96.8 cm³/mol. The number of sulfonamides is 1. The fourth-order valence-corrected chi connectivity index (χ4v) is 3.52. The molecule has 24 heavy (non-hydrogen) atoms. The average molecular weight is 356 g/mol. The number of hydrogen-bond acceptors (Lipinski definition) is 4. The molecule has 1 amide bonds. The largest absolute Gasteiger partial charge is 0.382 e. The highest BCUT2D eigenvalue weighted by Gasteiger charge is 2.29. The predicted octanol–water partition coefficient (Wildman–Crippen LogP) is 2.00. The van der Waals surface area contributed by atoms with E-state index >= 15 is 0 Å². The third-order valence-electron chi connectivity index (χ3n) is 3.80. The van der Waals surface area contributed by atoms with E-state index in [0.717, 1.165) is 21.7 Å². The normalized spacial score (nSPS) is 12.7. The Morgan fingerprint density at radius 2 is 1.96 bits per heavy atom. The summed E-state index contributed by atoms with van der Waals surface area (Å²) in [5.74, 6) is -0.324. The molecule has 0 bridgehead atoms. The number of hydrogen-bond donors (Lipinski definition) is 1. The van der Waals surface area contributed by atoms with Crippen LogP contribution in [0.4, 0.5) is 5.69 Å². The van der Waals surface area contributed by atoms with Crippen LogP contribution in [0.5, 0.6) is 0 Å². The smallest absolute Gasteiger partial charge is 0.243 e. The van der Waals surface area contributed by atoms with Crippen LogP contribution in [0, 0.1) is 13.8 Å². The summed E-state index contributed by atoms with van der Waals surface area (Å²) in [6, 6.07) is 4.54. The molecule has 0 aliphatic carbocycles. The Hall–Kier alpha value is -1.60. The monoisotopic (exact) mass is 356 g/mol. The molecule has 0 saturated carbocycles. The van der Waals surface area contributed by atoms with Crippen molar-refractivity contribution in [3.05, 3.63) is 29.3 Å². The Morgan fingerprint density at radius 3 is 2.50 bits per heavy atom. The molecule has 0 saturated heterocycles. The molecule has 1 N–H and O–H groups in total. The number of carbonyl (C=O) groups is 1. The van der Waals surface area contributed by atoms with Gasteiger partial charge < -0.3 is 10.1 Å². The highest BCUT2D eigenvalue weighted by Crippen LogP contribution is 2.23. The summed E-state index contributed by atoms with van der Waals surface area (Å²) < 4.78 is 30.8. The van der Waals surface area contributed by atoms with Crippen molar-refractivity contribution in [1.82, 2.24) is 5.32 Å². The van der Waals surface area contributed by atoms with Crippen molar-refractivity contribution in [2.45, 2.75) is 40.2 Å². The Bertz CT molecular complexity index is 659. The van der Waals surface area contributed by atoms with Gasteiger partial charge in [0.1, 0.15) is 6.04 Å². The van der Waals surface area contributed by atoms with E-state index in [1.54, 1.807) is 19.1 Å². The number of rotatable bonds is 9. The number of ether oxygens (including phenoxy) is 1. The average Bonchev–Trinajstić information content (AvgIpc) is 2.49. The van der Waals surface area contributed by atoms with Gasteiger partial charge in [0.25, 0.3) is 0 Å². The van der Waals surface area contributed by atoms with Gasteiger partial charge >= 0.3 is 0 Å².